The number of Topliss-reactive ketones (excluding diaryl/α,β-unsaturated/α-hetero) is 1. The number of carbonyl (C=O) groups excluding carboxylic acids is 1. The minimum absolute atomic E-state index is 0.0559. The van der Waals surface area contributed by atoms with Crippen molar-refractivity contribution < 1.29 is 9.90 Å². The van der Waals surface area contributed by atoms with Gasteiger partial charge in [-0.25, -0.2) is 0 Å². The van der Waals surface area contributed by atoms with Gasteiger partial charge in [-0.05, 0) is 18.6 Å². The summed E-state index contributed by atoms with van der Waals surface area (Å²) < 4.78 is 0. The summed E-state index contributed by atoms with van der Waals surface area (Å²) in [6, 6.07) is 5.23. The van der Waals surface area contributed by atoms with Crippen LogP contribution in [0.15, 0.2) is 23.1 Å². The lowest BCUT2D eigenvalue weighted by molar-refractivity contribution is 0.0990. The van der Waals surface area contributed by atoms with Crippen molar-refractivity contribution in [2.75, 3.05) is 0 Å². The quantitative estimate of drug-likeness (QED) is 0.505. The molecule has 14 heavy (non-hydrogen) atoms. The van der Waals surface area contributed by atoms with Gasteiger partial charge in [0.05, 0.1) is 11.4 Å². The second-order valence-corrected chi connectivity index (χ2v) is 4.80. The van der Waals surface area contributed by atoms with Crippen LogP contribution >= 0.6 is 28.6 Å². The van der Waals surface area contributed by atoms with Gasteiger partial charge in [0.2, 0.25) is 0 Å². The summed E-state index contributed by atoms with van der Waals surface area (Å²) in [5.74, 6) is -0.0559. The Bertz CT molecular complexity index is 350. The SMILES string of the molecule is CC(Br)C(=O)c1c(S)cccc1CO. The van der Waals surface area contributed by atoms with Crippen molar-refractivity contribution >= 4 is 34.3 Å². The molecule has 0 fully saturated rings. The highest BCUT2D eigenvalue weighted by Crippen LogP contribution is 2.22. The minimum atomic E-state index is -0.263. The van der Waals surface area contributed by atoms with Crippen LogP contribution in [0.5, 0.6) is 0 Å². The number of aliphatic hydroxyl groups excluding tert-OH is 1. The molecule has 0 aliphatic carbocycles. The lowest BCUT2D eigenvalue weighted by atomic mass is 10.0. The van der Waals surface area contributed by atoms with E-state index in [1.54, 1.807) is 25.1 Å². The predicted molar refractivity (Wildman–Crippen MR) is 62.3 cm³/mol. The highest BCUT2D eigenvalue weighted by atomic mass is 79.9. The van der Waals surface area contributed by atoms with Gasteiger partial charge in [0.15, 0.2) is 5.78 Å². The molecule has 1 unspecified atom stereocenters. The largest absolute Gasteiger partial charge is 0.392 e. The third-order valence-corrected chi connectivity index (χ3v) is 2.70. The van der Waals surface area contributed by atoms with E-state index >= 15 is 0 Å². The zero-order valence-corrected chi connectivity index (χ0v) is 10.2. The van der Waals surface area contributed by atoms with Gasteiger partial charge in [-0.1, -0.05) is 28.1 Å². The third-order valence-electron chi connectivity index (χ3n) is 1.91. The molecule has 1 aromatic carbocycles. The van der Waals surface area contributed by atoms with Crippen LogP contribution in [0.3, 0.4) is 0 Å². The summed E-state index contributed by atoms with van der Waals surface area (Å²) in [6.45, 7) is 1.61. The van der Waals surface area contributed by atoms with Gasteiger partial charge in [0.25, 0.3) is 0 Å². The fourth-order valence-electron chi connectivity index (χ4n) is 1.20. The lowest BCUT2D eigenvalue weighted by Crippen LogP contribution is -2.13. The predicted octanol–water partition coefficient (Wildman–Crippen LogP) is 2.43. The number of hydrogen-bond donors (Lipinski definition) is 2. The van der Waals surface area contributed by atoms with E-state index in [0.29, 0.717) is 16.0 Å². The van der Waals surface area contributed by atoms with E-state index in [0.717, 1.165) is 0 Å². The molecule has 4 heteroatoms. The second-order valence-electron chi connectivity index (χ2n) is 2.95. The minimum Gasteiger partial charge on any atom is -0.392 e. The van der Waals surface area contributed by atoms with E-state index in [2.05, 4.69) is 28.6 Å². The number of aliphatic hydroxyl groups is 1. The summed E-state index contributed by atoms with van der Waals surface area (Å²) in [4.78, 5) is 12.1. The van der Waals surface area contributed by atoms with E-state index in [4.69, 9.17) is 5.11 Å². The first-order valence-corrected chi connectivity index (χ1v) is 5.54. The van der Waals surface area contributed by atoms with Crippen molar-refractivity contribution in [3.63, 3.8) is 0 Å². The molecule has 1 N–H and O–H groups in total. The first-order chi connectivity index (χ1) is 6.57. The van der Waals surface area contributed by atoms with E-state index < -0.39 is 0 Å². The highest BCUT2D eigenvalue weighted by molar-refractivity contribution is 9.10. The van der Waals surface area contributed by atoms with Crippen LogP contribution < -0.4 is 0 Å². The molecule has 0 amide bonds. The van der Waals surface area contributed by atoms with Gasteiger partial charge in [0, 0.05) is 10.5 Å². The molecular formula is C10H11BrO2S. The summed E-state index contributed by atoms with van der Waals surface area (Å²) in [7, 11) is 0. The zero-order chi connectivity index (χ0) is 10.7. The van der Waals surface area contributed by atoms with E-state index in [1.807, 2.05) is 0 Å². The topological polar surface area (TPSA) is 37.3 Å². The average molecular weight is 275 g/mol. The molecule has 0 aliphatic rings. The first-order valence-electron chi connectivity index (χ1n) is 4.18. The van der Waals surface area contributed by atoms with Crippen LogP contribution in [-0.2, 0) is 6.61 Å². The Morgan fingerprint density at radius 2 is 2.29 bits per heavy atom. The molecule has 0 saturated heterocycles. The van der Waals surface area contributed by atoms with Crippen LogP contribution in [0.4, 0.5) is 0 Å². The summed E-state index contributed by atoms with van der Waals surface area (Å²) in [5, 5.41) is 9.07. The molecule has 0 saturated carbocycles. The Kier molecular flexibility index (Phi) is 4.16. The molecule has 0 spiro atoms. The number of thiol groups is 1. The Balaban J connectivity index is 3.23. The fourth-order valence-corrected chi connectivity index (χ4v) is 1.77. The molecule has 1 aromatic rings. The van der Waals surface area contributed by atoms with Crippen molar-refractivity contribution in [1.29, 1.82) is 0 Å². The standard InChI is InChI=1S/C10H11BrO2S/c1-6(11)10(13)9-7(5-12)3-2-4-8(9)14/h2-4,6,12,14H,5H2,1H3. The molecule has 1 atom stereocenters. The number of ketones is 1. The first kappa shape index (κ1) is 11.8. The molecule has 0 bridgehead atoms. The Labute approximate surface area is 96.9 Å². The fraction of sp³-hybridized carbons (Fsp3) is 0.300. The Morgan fingerprint density at radius 1 is 1.64 bits per heavy atom. The van der Waals surface area contributed by atoms with Crippen molar-refractivity contribution in [3.8, 4) is 0 Å². The van der Waals surface area contributed by atoms with Crippen LogP contribution in [0.25, 0.3) is 0 Å². The summed E-state index contributed by atoms with van der Waals surface area (Å²) >= 11 is 7.41. The maximum absolute atomic E-state index is 11.7. The molecule has 0 aromatic heterocycles. The number of hydrogen-bond acceptors (Lipinski definition) is 3. The molecule has 0 heterocycles. The number of rotatable bonds is 3. The summed E-state index contributed by atoms with van der Waals surface area (Å²) in [6.07, 6.45) is 0. The second kappa shape index (κ2) is 4.96. The maximum Gasteiger partial charge on any atom is 0.177 e. The van der Waals surface area contributed by atoms with E-state index in [-0.39, 0.29) is 17.2 Å². The van der Waals surface area contributed by atoms with Gasteiger partial charge < -0.3 is 5.11 Å². The normalized spacial score (nSPS) is 12.6. The van der Waals surface area contributed by atoms with E-state index in [1.165, 1.54) is 0 Å². The van der Waals surface area contributed by atoms with Crippen LogP contribution in [0.1, 0.15) is 22.8 Å². The maximum atomic E-state index is 11.7. The highest BCUT2D eigenvalue weighted by Gasteiger charge is 2.17. The van der Waals surface area contributed by atoms with Crippen LogP contribution in [0, 0.1) is 0 Å². The van der Waals surface area contributed by atoms with Gasteiger partial charge in [-0.3, -0.25) is 4.79 Å². The van der Waals surface area contributed by atoms with Gasteiger partial charge in [-0.2, -0.15) is 0 Å². The van der Waals surface area contributed by atoms with Crippen LogP contribution in [0.2, 0.25) is 0 Å². The number of alkyl halides is 1. The number of halogens is 1. The number of carbonyl (C=O) groups is 1. The lowest BCUT2D eigenvalue weighted by Gasteiger charge is -2.10. The molecular weight excluding hydrogens is 264 g/mol. The molecule has 2 nitrogen and oxygen atoms in total. The third kappa shape index (κ3) is 2.38. The average Bonchev–Trinajstić information content (AvgIpc) is 2.16. The molecule has 0 radical (unpaired) electrons. The van der Waals surface area contributed by atoms with Gasteiger partial charge >= 0.3 is 0 Å². The monoisotopic (exact) mass is 274 g/mol. The zero-order valence-electron chi connectivity index (χ0n) is 7.70. The molecule has 76 valence electrons. The van der Waals surface area contributed by atoms with Gasteiger partial charge in [0.1, 0.15) is 0 Å². The van der Waals surface area contributed by atoms with Crippen molar-refractivity contribution in [3.05, 3.63) is 29.3 Å². The molecule has 0 aliphatic heterocycles. The van der Waals surface area contributed by atoms with Crippen LogP contribution in [-0.4, -0.2) is 15.7 Å². The number of benzene rings is 1. The van der Waals surface area contributed by atoms with Gasteiger partial charge in [-0.15, -0.1) is 12.6 Å². The van der Waals surface area contributed by atoms with E-state index in [9.17, 15) is 4.79 Å². The summed E-state index contributed by atoms with van der Waals surface area (Å²) in [5.41, 5.74) is 1.12. The Hall–Kier alpha value is -0.320. The van der Waals surface area contributed by atoms with Crippen molar-refractivity contribution in [2.45, 2.75) is 23.3 Å². The van der Waals surface area contributed by atoms with Crippen molar-refractivity contribution in [2.24, 2.45) is 0 Å². The smallest absolute Gasteiger partial charge is 0.177 e. The Morgan fingerprint density at radius 3 is 2.79 bits per heavy atom. The molecule has 1 rings (SSSR count). The van der Waals surface area contributed by atoms with Crippen molar-refractivity contribution in [1.82, 2.24) is 0 Å².